The van der Waals surface area contributed by atoms with Gasteiger partial charge in [0.05, 0.1) is 5.02 Å². The van der Waals surface area contributed by atoms with Crippen molar-refractivity contribution in [2.45, 2.75) is 6.61 Å². The lowest BCUT2D eigenvalue weighted by Gasteiger charge is -2.07. The molecule has 0 saturated heterocycles. The van der Waals surface area contributed by atoms with E-state index in [4.69, 9.17) is 16.3 Å². The summed E-state index contributed by atoms with van der Waals surface area (Å²) < 4.78 is 19.4. The van der Waals surface area contributed by atoms with E-state index in [2.05, 4.69) is 5.10 Å². The van der Waals surface area contributed by atoms with E-state index in [1.807, 2.05) is 0 Å². The number of aryl methyl sites for hydroxylation is 1. The van der Waals surface area contributed by atoms with Crippen molar-refractivity contribution in [3.63, 3.8) is 0 Å². The number of benzene rings is 1. The number of aromatic nitrogens is 2. The number of carbonyl (C=O) groups is 1. The molecule has 0 spiro atoms. The predicted octanol–water partition coefficient (Wildman–Crippen LogP) is 1.93. The van der Waals surface area contributed by atoms with E-state index in [9.17, 15) is 14.0 Å². The molecule has 0 atom stereocenters. The molecule has 0 aliphatic carbocycles. The third-order valence-electron chi connectivity index (χ3n) is 2.58. The second-order valence-electron chi connectivity index (χ2n) is 3.96. The van der Waals surface area contributed by atoms with Crippen LogP contribution >= 0.6 is 11.6 Å². The predicted molar refractivity (Wildman–Crippen MR) is 70.0 cm³/mol. The average molecular weight is 297 g/mol. The fraction of sp³-hybridized carbons (Fsp3) is 0.154. The Labute approximate surface area is 118 Å². The summed E-state index contributed by atoms with van der Waals surface area (Å²) in [5, 5.41) is 3.91. The van der Waals surface area contributed by atoms with Crippen LogP contribution in [0.5, 0.6) is 0 Å². The Morgan fingerprint density at radius 1 is 1.40 bits per heavy atom. The Hall–Kier alpha value is -2.21. The maximum absolute atomic E-state index is 13.5. The molecule has 0 radical (unpaired) electrons. The molecular weight excluding hydrogens is 287 g/mol. The number of halogens is 2. The second kappa shape index (κ2) is 5.83. The van der Waals surface area contributed by atoms with Crippen molar-refractivity contribution >= 4 is 17.6 Å². The molecule has 1 heterocycles. The summed E-state index contributed by atoms with van der Waals surface area (Å²) in [6.45, 7) is -0.311. The van der Waals surface area contributed by atoms with Crippen molar-refractivity contribution in [1.29, 1.82) is 0 Å². The molecule has 0 N–H and O–H groups in total. The maximum Gasteiger partial charge on any atom is 0.359 e. The average Bonchev–Trinajstić information content (AvgIpc) is 2.41. The van der Waals surface area contributed by atoms with Crippen molar-refractivity contribution in [1.82, 2.24) is 9.78 Å². The third kappa shape index (κ3) is 3.03. The van der Waals surface area contributed by atoms with E-state index in [0.717, 1.165) is 4.68 Å². The van der Waals surface area contributed by atoms with Gasteiger partial charge in [0.1, 0.15) is 12.4 Å². The summed E-state index contributed by atoms with van der Waals surface area (Å²) in [5.41, 5.74) is -0.300. The van der Waals surface area contributed by atoms with Crippen molar-refractivity contribution in [2.75, 3.05) is 0 Å². The number of rotatable bonds is 3. The summed E-state index contributed by atoms with van der Waals surface area (Å²) in [6.07, 6.45) is 0. The highest BCUT2D eigenvalue weighted by atomic mass is 35.5. The standard InChI is InChI=1S/C13H10ClFN2O3/c1-17-12(18)6-5-11(16-17)13(19)20-7-8-9(14)3-2-4-10(8)15/h2-6H,7H2,1H3. The Kier molecular flexibility index (Phi) is 4.14. The largest absolute Gasteiger partial charge is 0.456 e. The van der Waals surface area contributed by atoms with Gasteiger partial charge in [0, 0.05) is 18.7 Å². The van der Waals surface area contributed by atoms with Crippen LogP contribution in [0.4, 0.5) is 4.39 Å². The Morgan fingerprint density at radius 2 is 2.15 bits per heavy atom. The van der Waals surface area contributed by atoms with Crippen LogP contribution in [0.2, 0.25) is 5.02 Å². The second-order valence-corrected chi connectivity index (χ2v) is 4.36. The summed E-state index contributed by atoms with van der Waals surface area (Å²) in [5.74, 6) is -1.32. The van der Waals surface area contributed by atoms with Gasteiger partial charge in [0.2, 0.25) is 0 Å². The zero-order valence-corrected chi connectivity index (χ0v) is 11.2. The van der Waals surface area contributed by atoms with E-state index in [-0.39, 0.29) is 28.4 Å². The minimum atomic E-state index is -0.764. The number of esters is 1. The molecule has 104 valence electrons. The highest BCUT2D eigenvalue weighted by Gasteiger charge is 2.13. The van der Waals surface area contributed by atoms with Crippen LogP contribution in [-0.2, 0) is 18.4 Å². The lowest BCUT2D eigenvalue weighted by Crippen LogP contribution is -2.21. The Morgan fingerprint density at radius 3 is 2.80 bits per heavy atom. The summed E-state index contributed by atoms with van der Waals surface area (Å²) in [7, 11) is 1.41. The van der Waals surface area contributed by atoms with E-state index in [1.54, 1.807) is 0 Å². The first kappa shape index (κ1) is 14.2. The van der Waals surface area contributed by atoms with E-state index in [1.165, 1.54) is 37.4 Å². The van der Waals surface area contributed by atoms with Crippen LogP contribution in [0.3, 0.4) is 0 Å². The molecule has 20 heavy (non-hydrogen) atoms. The van der Waals surface area contributed by atoms with Crippen LogP contribution in [0.25, 0.3) is 0 Å². The SMILES string of the molecule is Cn1nc(C(=O)OCc2c(F)cccc2Cl)ccc1=O. The molecule has 0 saturated carbocycles. The zero-order valence-electron chi connectivity index (χ0n) is 10.5. The van der Waals surface area contributed by atoms with Crippen LogP contribution in [0.1, 0.15) is 16.1 Å². The molecule has 0 fully saturated rings. The highest BCUT2D eigenvalue weighted by Crippen LogP contribution is 2.20. The number of hydrogen-bond donors (Lipinski definition) is 0. The lowest BCUT2D eigenvalue weighted by atomic mass is 10.2. The van der Waals surface area contributed by atoms with Gasteiger partial charge < -0.3 is 4.74 Å². The Balaban J connectivity index is 2.12. The summed E-state index contributed by atoms with van der Waals surface area (Å²) in [6, 6.07) is 6.61. The first-order valence-electron chi connectivity index (χ1n) is 5.63. The molecule has 5 nitrogen and oxygen atoms in total. The van der Waals surface area contributed by atoms with Crippen molar-refractivity contribution in [3.8, 4) is 0 Å². The van der Waals surface area contributed by atoms with Crippen LogP contribution in [0.15, 0.2) is 35.1 Å². The topological polar surface area (TPSA) is 61.2 Å². The molecule has 0 aliphatic heterocycles. The quantitative estimate of drug-likeness (QED) is 0.812. The van der Waals surface area contributed by atoms with Gasteiger partial charge in [0.15, 0.2) is 5.69 Å². The molecule has 1 aromatic heterocycles. The number of nitrogens with zero attached hydrogens (tertiary/aromatic N) is 2. The molecule has 0 aliphatic rings. The molecule has 0 unspecified atom stereocenters. The van der Waals surface area contributed by atoms with E-state index < -0.39 is 11.8 Å². The molecule has 1 aromatic carbocycles. The first-order chi connectivity index (χ1) is 9.49. The maximum atomic E-state index is 13.5. The monoisotopic (exact) mass is 296 g/mol. The first-order valence-corrected chi connectivity index (χ1v) is 6.01. The molecular formula is C13H10ClFN2O3. The summed E-state index contributed by atoms with van der Waals surface area (Å²) >= 11 is 5.81. The zero-order chi connectivity index (χ0) is 14.7. The van der Waals surface area contributed by atoms with Gasteiger partial charge in [-0.05, 0) is 18.2 Å². The third-order valence-corrected chi connectivity index (χ3v) is 2.93. The van der Waals surface area contributed by atoms with Crippen LogP contribution < -0.4 is 5.56 Å². The van der Waals surface area contributed by atoms with Gasteiger partial charge in [0.25, 0.3) is 5.56 Å². The van der Waals surface area contributed by atoms with Gasteiger partial charge in [-0.15, -0.1) is 0 Å². The van der Waals surface area contributed by atoms with Crippen LogP contribution in [-0.4, -0.2) is 15.7 Å². The Bertz CT molecular complexity index is 695. The lowest BCUT2D eigenvalue weighted by molar-refractivity contribution is 0.0459. The van der Waals surface area contributed by atoms with E-state index in [0.29, 0.717) is 0 Å². The molecule has 2 rings (SSSR count). The smallest absolute Gasteiger partial charge is 0.359 e. The van der Waals surface area contributed by atoms with Crippen molar-refractivity contribution in [3.05, 3.63) is 62.8 Å². The minimum Gasteiger partial charge on any atom is -0.456 e. The number of ether oxygens (including phenoxy) is 1. The molecule has 0 bridgehead atoms. The van der Waals surface area contributed by atoms with Gasteiger partial charge in [-0.2, -0.15) is 5.10 Å². The number of hydrogen-bond acceptors (Lipinski definition) is 4. The fourth-order valence-corrected chi connectivity index (χ4v) is 1.71. The highest BCUT2D eigenvalue weighted by molar-refractivity contribution is 6.31. The number of carbonyl (C=O) groups excluding carboxylic acids is 1. The summed E-state index contributed by atoms with van der Waals surface area (Å²) in [4.78, 5) is 22.9. The normalized spacial score (nSPS) is 10.3. The minimum absolute atomic E-state index is 0.0421. The van der Waals surface area contributed by atoms with Gasteiger partial charge >= 0.3 is 5.97 Å². The molecule has 7 heteroatoms. The fourth-order valence-electron chi connectivity index (χ4n) is 1.49. The molecule has 2 aromatic rings. The van der Waals surface area contributed by atoms with E-state index >= 15 is 0 Å². The van der Waals surface area contributed by atoms with Gasteiger partial charge in [-0.1, -0.05) is 17.7 Å². The van der Waals surface area contributed by atoms with Crippen molar-refractivity contribution < 1.29 is 13.9 Å². The van der Waals surface area contributed by atoms with Gasteiger partial charge in [-0.3, -0.25) is 4.79 Å². The van der Waals surface area contributed by atoms with Crippen LogP contribution in [0, 0.1) is 5.82 Å². The van der Waals surface area contributed by atoms with Gasteiger partial charge in [-0.25, -0.2) is 13.9 Å². The van der Waals surface area contributed by atoms with Crippen molar-refractivity contribution in [2.24, 2.45) is 7.05 Å². The molecule has 0 amide bonds.